The molecule has 188 valence electrons. The van der Waals surface area contributed by atoms with Gasteiger partial charge in [-0.25, -0.2) is 5.57 Å². The number of rotatable bonds is 2. The van der Waals surface area contributed by atoms with E-state index in [-0.39, 0.29) is 24.8 Å². The van der Waals surface area contributed by atoms with Crippen molar-refractivity contribution in [3.05, 3.63) is 83.0 Å². The van der Waals surface area contributed by atoms with Crippen molar-refractivity contribution < 1.29 is 49.0 Å². The van der Waals surface area contributed by atoms with Gasteiger partial charge in [0.2, 0.25) is 0 Å². The van der Waals surface area contributed by atoms with E-state index in [1.165, 1.54) is 71.9 Å². The van der Waals surface area contributed by atoms with Crippen molar-refractivity contribution in [2.75, 3.05) is 0 Å². The van der Waals surface area contributed by atoms with E-state index in [0.29, 0.717) is 11.3 Å². The minimum absolute atomic E-state index is 0. The predicted octanol–water partition coefficient (Wildman–Crippen LogP) is 2.87. The molecule has 1 fully saturated rings. The average Bonchev–Trinajstić information content (AvgIpc) is 3.42. The van der Waals surface area contributed by atoms with E-state index >= 15 is 0 Å². The molecule has 0 amide bonds. The second-order valence-electron chi connectivity index (χ2n) is 10.4. The van der Waals surface area contributed by atoms with Gasteiger partial charge in [-0.05, 0) is 6.42 Å². The van der Waals surface area contributed by atoms with Crippen molar-refractivity contribution in [1.82, 2.24) is 0 Å². The molecule has 0 aromatic heterocycles. The van der Waals surface area contributed by atoms with Crippen LogP contribution < -0.4 is 24.8 Å². The summed E-state index contributed by atoms with van der Waals surface area (Å²) in [4.78, 5) is 0. The SMILES string of the molecule is CCC1=[C-]C(CC)C=C1C(C)(C)C.[Cl-].[Cl-].[Zr+2]=[C]1CCCCC1.[c-]1cccc2c1Cc1ccccc1-2. The Balaban J connectivity index is 0.000000266. The topological polar surface area (TPSA) is 0 Å². The monoisotopic (exact) mass is 584 g/mol. The van der Waals surface area contributed by atoms with Gasteiger partial charge in [0, 0.05) is 0 Å². The molecule has 0 N–H and O–H groups in total. The summed E-state index contributed by atoms with van der Waals surface area (Å²) in [7, 11) is 0. The molecule has 35 heavy (non-hydrogen) atoms. The molecule has 2 aromatic carbocycles. The summed E-state index contributed by atoms with van der Waals surface area (Å²) in [6, 6.07) is 18.1. The van der Waals surface area contributed by atoms with Crippen molar-refractivity contribution in [2.45, 2.75) is 86.0 Å². The van der Waals surface area contributed by atoms with Crippen LogP contribution in [0.3, 0.4) is 0 Å². The number of halogens is 2. The molecule has 5 rings (SSSR count). The van der Waals surface area contributed by atoms with E-state index in [0.717, 1.165) is 12.8 Å². The van der Waals surface area contributed by atoms with Gasteiger partial charge in [-0.2, -0.15) is 41.5 Å². The van der Waals surface area contributed by atoms with E-state index < -0.39 is 0 Å². The second kappa shape index (κ2) is 15.5. The summed E-state index contributed by atoms with van der Waals surface area (Å²) in [5, 5.41) is 0. The molecule has 0 saturated heterocycles. The molecule has 1 atom stereocenters. The summed E-state index contributed by atoms with van der Waals surface area (Å²) < 4.78 is 1.80. The molecule has 3 aliphatic rings. The van der Waals surface area contributed by atoms with Crippen LogP contribution in [0.15, 0.2) is 59.7 Å². The molecule has 3 aliphatic carbocycles. The van der Waals surface area contributed by atoms with Gasteiger partial charge in [-0.15, -0.1) is 5.56 Å². The van der Waals surface area contributed by atoms with Gasteiger partial charge in [0.15, 0.2) is 0 Å². The molecule has 0 nitrogen and oxygen atoms in total. The minimum atomic E-state index is 0. The van der Waals surface area contributed by atoms with Gasteiger partial charge in [0.1, 0.15) is 0 Å². The fourth-order valence-electron chi connectivity index (χ4n) is 4.84. The Kier molecular flexibility index (Phi) is 14.3. The molecular formula is C32H40Cl2Zr-2. The number of allylic oxidation sites excluding steroid dienone is 4. The summed E-state index contributed by atoms with van der Waals surface area (Å²) in [6.07, 6.45) is 16.6. The molecular weight excluding hydrogens is 546 g/mol. The first kappa shape index (κ1) is 32.3. The average molecular weight is 587 g/mol. The molecule has 1 unspecified atom stereocenters. The number of benzene rings is 2. The normalized spacial score (nSPS) is 17.7. The third-order valence-electron chi connectivity index (χ3n) is 6.73. The Morgan fingerprint density at radius 1 is 0.914 bits per heavy atom. The van der Waals surface area contributed by atoms with E-state index in [1.807, 2.05) is 6.07 Å². The zero-order valence-electron chi connectivity index (χ0n) is 22.1. The first-order valence-electron chi connectivity index (χ1n) is 12.8. The zero-order valence-corrected chi connectivity index (χ0v) is 26.1. The quantitative estimate of drug-likeness (QED) is 0.406. The Labute approximate surface area is 242 Å². The Bertz CT molecular complexity index is 959. The van der Waals surface area contributed by atoms with Crippen molar-refractivity contribution in [1.29, 1.82) is 0 Å². The van der Waals surface area contributed by atoms with Crippen LogP contribution in [0, 0.1) is 23.5 Å². The van der Waals surface area contributed by atoms with Crippen LogP contribution in [-0.2, 0) is 30.7 Å². The number of hydrogen-bond acceptors (Lipinski definition) is 0. The fraction of sp³-hybridized carbons (Fsp3) is 0.469. The second-order valence-corrected chi connectivity index (χ2v) is 12.1. The smallest absolute Gasteiger partial charge is 0.0253 e. The van der Waals surface area contributed by atoms with Crippen molar-refractivity contribution >= 4 is 3.21 Å². The first-order chi connectivity index (χ1) is 15.8. The third kappa shape index (κ3) is 9.25. The van der Waals surface area contributed by atoms with Crippen LogP contribution in [0.25, 0.3) is 11.1 Å². The summed E-state index contributed by atoms with van der Waals surface area (Å²) in [5.74, 6) is 0.573. The van der Waals surface area contributed by atoms with Gasteiger partial charge in [-0.1, -0.05) is 94.2 Å². The molecule has 0 heterocycles. The van der Waals surface area contributed by atoms with Crippen LogP contribution in [0.5, 0.6) is 0 Å². The maximum absolute atomic E-state index is 3.57. The third-order valence-corrected chi connectivity index (χ3v) is 7.96. The molecule has 2 aromatic rings. The molecule has 1 saturated carbocycles. The van der Waals surface area contributed by atoms with Gasteiger partial charge in [0.25, 0.3) is 0 Å². The summed E-state index contributed by atoms with van der Waals surface area (Å²) >= 11 is 1.69. The first-order valence-corrected chi connectivity index (χ1v) is 14.1. The van der Waals surface area contributed by atoms with Crippen LogP contribution in [0.4, 0.5) is 0 Å². The van der Waals surface area contributed by atoms with Crippen molar-refractivity contribution in [2.24, 2.45) is 11.3 Å². The molecule has 0 radical (unpaired) electrons. The molecule has 0 spiro atoms. The Morgan fingerprint density at radius 2 is 1.57 bits per heavy atom. The molecule has 3 heteroatoms. The standard InChI is InChI=1S/C13H9.C13H21.C6H10.2ClH.Zr/c1-3-7-12-10(5-1)9-11-6-2-4-8-13(11)12;1-6-10-8-11(7-2)12(9-10)13(3,4)5;1-2-4-6-5-3-1;;;/h1-5,7-8H,9H2;9-10H,6-7H2,1-5H3;1-5H2;2*1H;/q2*-1;;;;+2/p-2. The molecule has 0 bridgehead atoms. The van der Waals surface area contributed by atoms with Crippen LogP contribution >= 0.6 is 0 Å². The van der Waals surface area contributed by atoms with E-state index in [1.54, 1.807) is 27.4 Å². The fourth-order valence-corrected chi connectivity index (χ4v) is 5.71. The van der Waals surface area contributed by atoms with Crippen molar-refractivity contribution in [3.63, 3.8) is 0 Å². The van der Waals surface area contributed by atoms with E-state index in [9.17, 15) is 0 Å². The Morgan fingerprint density at radius 3 is 2.11 bits per heavy atom. The van der Waals surface area contributed by atoms with Gasteiger partial charge in [-0.3, -0.25) is 6.08 Å². The van der Waals surface area contributed by atoms with E-state index in [2.05, 4.69) is 89.2 Å². The van der Waals surface area contributed by atoms with Gasteiger partial charge in [0.05, 0.1) is 0 Å². The van der Waals surface area contributed by atoms with Gasteiger partial charge >= 0.3 is 59.5 Å². The van der Waals surface area contributed by atoms with Crippen LogP contribution in [-0.4, -0.2) is 3.21 Å². The van der Waals surface area contributed by atoms with Crippen LogP contribution in [0.2, 0.25) is 0 Å². The summed E-state index contributed by atoms with van der Waals surface area (Å²) in [5.41, 5.74) is 8.76. The largest absolute Gasteiger partial charge is 0.179 e. The minimum Gasteiger partial charge on any atom is -0.179 e. The van der Waals surface area contributed by atoms with Gasteiger partial charge < -0.3 is 24.8 Å². The van der Waals surface area contributed by atoms with Crippen molar-refractivity contribution in [3.8, 4) is 11.1 Å². The maximum Gasteiger partial charge on any atom is -0.0253 e. The maximum atomic E-state index is 3.57. The summed E-state index contributed by atoms with van der Waals surface area (Å²) in [6.45, 7) is 11.3. The van der Waals surface area contributed by atoms with E-state index in [4.69, 9.17) is 0 Å². The zero-order chi connectivity index (χ0) is 23.8. The predicted molar refractivity (Wildman–Crippen MR) is 140 cm³/mol. The number of hydrogen-bond donors (Lipinski definition) is 0. The Hall–Kier alpha value is -0.747. The number of fused-ring (bicyclic) bond motifs is 3. The molecule has 0 aliphatic heterocycles. The van der Waals surface area contributed by atoms with Crippen LogP contribution in [0.1, 0.15) is 90.7 Å².